The van der Waals surface area contributed by atoms with Crippen LogP contribution in [0.5, 0.6) is 0 Å². The predicted molar refractivity (Wildman–Crippen MR) is 148 cm³/mol. The fourth-order valence-corrected chi connectivity index (χ4v) is 4.66. The van der Waals surface area contributed by atoms with Gasteiger partial charge < -0.3 is 24.8 Å². The first-order chi connectivity index (χ1) is 16.8. The van der Waals surface area contributed by atoms with Crippen molar-refractivity contribution in [2.75, 3.05) is 0 Å². The summed E-state index contributed by atoms with van der Waals surface area (Å²) in [4.78, 5) is 0. The zero-order valence-electron chi connectivity index (χ0n) is 22.7. The van der Waals surface area contributed by atoms with E-state index >= 15 is 0 Å². The summed E-state index contributed by atoms with van der Waals surface area (Å²) < 4.78 is 1.46. The maximum absolute atomic E-state index is 3.43. The molecule has 5 rings (SSSR count). The third-order valence-electron chi connectivity index (χ3n) is 6.39. The number of allylic oxidation sites excluding steroid dienone is 4. The minimum Gasteiger partial charge on any atom is -1.00 e. The van der Waals surface area contributed by atoms with Crippen LogP contribution in [-0.2, 0) is 30.7 Å². The average Bonchev–Trinajstić information content (AvgIpc) is 3.49. The summed E-state index contributed by atoms with van der Waals surface area (Å²) >= 11 is 1.51. The molecule has 2 aliphatic rings. The van der Waals surface area contributed by atoms with E-state index in [-0.39, 0.29) is 24.8 Å². The minimum atomic E-state index is 0. The predicted octanol–water partition coefficient (Wildman–Crippen LogP) is 2.98. The second-order valence-electron chi connectivity index (χ2n) is 10.3. The second kappa shape index (κ2) is 16.4. The molecule has 1 unspecified atom stereocenters. The van der Waals surface area contributed by atoms with Crippen LogP contribution in [0.4, 0.5) is 0 Å². The number of hydrogen-bond donors (Lipinski definition) is 0. The first kappa shape index (κ1) is 33.5. The van der Waals surface area contributed by atoms with Gasteiger partial charge in [0.1, 0.15) is 0 Å². The van der Waals surface area contributed by atoms with Gasteiger partial charge >= 0.3 is 70.3 Å². The molecule has 0 aliphatic heterocycles. The van der Waals surface area contributed by atoms with E-state index in [1.54, 1.807) is 0 Å². The summed E-state index contributed by atoms with van der Waals surface area (Å²) in [6, 6.07) is 28.6. The number of unbranched alkanes of at least 4 members (excludes halogenated alkanes) is 1. The van der Waals surface area contributed by atoms with E-state index < -0.39 is 0 Å². The van der Waals surface area contributed by atoms with Crippen LogP contribution in [0.2, 0.25) is 0 Å². The van der Waals surface area contributed by atoms with Crippen molar-refractivity contribution in [2.45, 2.75) is 60.3 Å². The van der Waals surface area contributed by atoms with Crippen molar-refractivity contribution in [1.29, 1.82) is 0 Å². The van der Waals surface area contributed by atoms with Gasteiger partial charge in [0.05, 0.1) is 0 Å². The molecule has 0 aromatic heterocycles. The van der Waals surface area contributed by atoms with Gasteiger partial charge in [-0.3, -0.25) is 6.08 Å². The maximum atomic E-state index is 3.43. The Morgan fingerprint density at radius 1 is 0.919 bits per heavy atom. The van der Waals surface area contributed by atoms with Crippen molar-refractivity contribution in [2.24, 2.45) is 11.3 Å². The molecule has 0 spiro atoms. The van der Waals surface area contributed by atoms with Gasteiger partial charge in [0.15, 0.2) is 0 Å². The van der Waals surface area contributed by atoms with E-state index in [4.69, 9.17) is 0 Å². The van der Waals surface area contributed by atoms with Crippen molar-refractivity contribution >= 4 is 3.21 Å². The molecule has 0 saturated carbocycles. The number of rotatable bonds is 4. The molecular formula is C34H38Cl2Zr-2. The van der Waals surface area contributed by atoms with E-state index in [2.05, 4.69) is 120 Å². The van der Waals surface area contributed by atoms with Crippen LogP contribution in [0.1, 0.15) is 70.6 Å². The van der Waals surface area contributed by atoms with Gasteiger partial charge in [-0.2, -0.15) is 41.5 Å². The van der Waals surface area contributed by atoms with E-state index in [1.165, 1.54) is 80.1 Å². The summed E-state index contributed by atoms with van der Waals surface area (Å²) in [5, 5.41) is 0. The smallest absolute Gasteiger partial charge is 0.0253 e. The standard InChI is InChI=1S/C13H9.C13H21.C8H8.2ClH.Zr/c1-3-7-12-10(5-1)9-11-6-2-4-8-13(11)12;1-5-6-7-11-8-9-12(10-11)13(2,3)4;1-2-8-6-4-3-5-7-8;;;/h1-5,7-8H,9H2;9-11H,5-7H2,1-4H3;3-7H,1H3;2*1H;/q2*-1;;;;+2/p-2. The molecule has 37 heavy (non-hydrogen) atoms. The van der Waals surface area contributed by atoms with E-state index in [9.17, 15) is 0 Å². The van der Waals surface area contributed by atoms with Gasteiger partial charge in [-0.1, -0.05) is 93.7 Å². The molecule has 0 fully saturated rings. The van der Waals surface area contributed by atoms with Crippen LogP contribution in [0.15, 0.2) is 90.5 Å². The Bertz CT molecular complexity index is 1130. The largest absolute Gasteiger partial charge is 1.00 e. The molecule has 3 heteroatoms. The molecule has 0 N–H and O–H groups in total. The Balaban J connectivity index is 0.000000275. The first-order valence-electron chi connectivity index (χ1n) is 12.8. The minimum absolute atomic E-state index is 0. The summed E-state index contributed by atoms with van der Waals surface area (Å²) in [5.41, 5.74) is 8.63. The van der Waals surface area contributed by atoms with E-state index in [1.807, 2.05) is 12.1 Å². The third-order valence-corrected chi connectivity index (χ3v) is 7.10. The van der Waals surface area contributed by atoms with Gasteiger partial charge in [-0.25, -0.2) is 6.08 Å². The third kappa shape index (κ3) is 10.3. The quantitative estimate of drug-likeness (QED) is 0.313. The summed E-state index contributed by atoms with van der Waals surface area (Å²) in [6.07, 6.45) is 12.9. The molecule has 0 saturated heterocycles. The molecule has 3 aromatic rings. The summed E-state index contributed by atoms with van der Waals surface area (Å²) in [7, 11) is 0. The van der Waals surface area contributed by atoms with Gasteiger partial charge in [-0.15, -0.1) is 5.56 Å². The first-order valence-corrected chi connectivity index (χ1v) is 14.0. The monoisotopic (exact) mass is 606 g/mol. The van der Waals surface area contributed by atoms with E-state index in [0.29, 0.717) is 11.3 Å². The Morgan fingerprint density at radius 3 is 2.16 bits per heavy atom. The van der Waals surface area contributed by atoms with Gasteiger partial charge in [0.25, 0.3) is 0 Å². The molecule has 3 aromatic carbocycles. The molecule has 2 aliphatic carbocycles. The molecule has 0 radical (unpaired) electrons. The van der Waals surface area contributed by atoms with Crippen molar-refractivity contribution in [3.63, 3.8) is 0 Å². The Morgan fingerprint density at radius 2 is 1.57 bits per heavy atom. The normalized spacial score (nSPS) is 14.4. The Hall–Kier alpha value is -1.53. The fraction of sp³-hybridized carbons (Fsp3) is 0.324. The van der Waals surface area contributed by atoms with Crippen molar-refractivity contribution in [3.05, 3.63) is 119 Å². The molecule has 0 heterocycles. The van der Waals surface area contributed by atoms with Crippen LogP contribution >= 0.6 is 0 Å². The number of hydrogen-bond acceptors (Lipinski definition) is 0. The van der Waals surface area contributed by atoms with Crippen molar-refractivity contribution < 1.29 is 49.0 Å². The summed E-state index contributed by atoms with van der Waals surface area (Å²) in [6.45, 7) is 11.2. The molecule has 0 bridgehead atoms. The van der Waals surface area contributed by atoms with Crippen molar-refractivity contribution in [3.8, 4) is 11.1 Å². The SMILES string of the molecule is CCCCC1[C-]=CC(C(C)(C)C)=C1.C[C](=[Zr+2])c1ccccc1.[Cl-].[Cl-].[c-]1cccc2c1Cc1ccccc1-2. The number of halogens is 2. The van der Waals surface area contributed by atoms with Crippen LogP contribution in [0, 0.1) is 23.5 Å². The summed E-state index contributed by atoms with van der Waals surface area (Å²) in [5.74, 6) is 0.592. The molecule has 1 atom stereocenters. The van der Waals surface area contributed by atoms with Crippen LogP contribution < -0.4 is 24.8 Å². The molecule has 0 nitrogen and oxygen atoms in total. The average molecular weight is 609 g/mol. The molecule has 0 amide bonds. The zero-order chi connectivity index (χ0) is 25.3. The molecular weight excluding hydrogens is 571 g/mol. The van der Waals surface area contributed by atoms with Gasteiger partial charge in [0, 0.05) is 0 Å². The topological polar surface area (TPSA) is 0 Å². The van der Waals surface area contributed by atoms with E-state index in [0.717, 1.165) is 6.42 Å². The Kier molecular flexibility index (Phi) is 14.9. The number of fused-ring (bicyclic) bond motifs is 3. The van der Waals surface area contributed by atoms with Crippen LogP contribution in [-0.4, -0.2) is 3.21 Å². The maximum Gasteiger partial charge on any atom is -0.0253 e. The van der Waals surface area contributed by atoms with Gasteiger partial charge in [0.2, 0.25) is 0 Å². The van der Waals surface area contributed by atoms with Crippen molar-refractivity contribution in [1.82, 2.24) is 0 Å². The zero-order valence-corrected chi connectivity index (χ0v) is 26.7. The van der Waals surface area contributed by atoms with Crippen LogP contribution in [0.25, 0.3) is 11.1 Å². The second-order valence-corrected chi connectivity index (χ2v) is 12.2. The Labute approximate surface area is 252 Å². The van der Waals surface area contributed by atoms with Crippen LogP contribution in [0.3, 0.4) is 0 Å². The number of benzene rings is 3. The van der Waals surface area contributed by atoms with Gasteiger partial charge in [-0.05, 0) is 6.42 Å². The fourth-order valence-electron chi connectivity index (χ4n) is 4.25. The molecule has 194 valence electrons.